The van der Waals surface area contributed by atoms with Gasteiger partial charge in [0, 0.05) is 29.7 Å². The van der Waals surface area contributed by atoms with Crippen LogP contribution in [-0.2, 0) is 10.0 Å². The number of hydrogen-bond acceptors (Lipinski definition) is 4. The van der Waals surface area contributed by atoms with E-state index in [0.717, 1.165) is 11.3 Å². The topological polar surface area (TPSA) is 60.9 Å². The summed E-state index contributed by atoms with van der Waals surface area (Å²) in [5, 5.41) is 11.4. The summed E-state index contributed by atoms with van der Waals surface area (Å²) in [4.78, 5) is 2.14. The summed E-state index contributed by atoms with van der Waals surface area (Å²) >= 11 is 18.6. The highest BCUT2D eigenvalue weighted by atomic mass is 35.5. The predicted molar refractivity (Wildman–Crippen MR) is 125 cm³/mol. The number of rotatable bonds is 4. The Balaban J connectivity index is 1.73. The van der Waals surface area contributed by atoms with Crippen LogP contribution >= 0.6 is 34.8 Å². The fraction of sp³-hybridized carbons (Fsp3) is 0.182. The fourth-order valence-electron chi connectivity index (χ4n) is 3.74. The molecular weight excluding hydrogens is 479 g/mol. The zero-order chi connectivity index (χ0) is 22.2. The summed E-state index contributed by atoms with van der Waals surface area (Å²) in [6, 6.07) is 18.0. The van der Waals surface area contributed by atoms with Crippen molar-refractivity contribution in [1.82, 2.24) is 4.31 Å². The third-order valence-electron chi connectivity index (χ3n) is 5.27. The smallest absolute Gasteiger partial charge is 0.243 e. The van der Waals surface area contributed by atoms with E-state index in [1.54, 1.807) is 24.3 Å². The van der Waals surface area contributed by atoms with Gasteiger partial charge in [0.25, 0.3) is 0 Å². The number of benzene rings is 3. The van der Waals surface area contributed by atoms with Gasteiger partial charge in [0.05, 0.1) is 21.6 Å². The van der Waals surface area contributed by atoms with E-state index in [4.69, 9.17) is 34.8 Å². The van der Waals surface area contributed by atoms with Gasteiger partial charge in [-0.15, -0.1) is 0 Å². The van der Waals surface area contributed by atoms with E-state index in [1.165, 1.54) is 28.6 Å². The molecule has 1 saturated heterocycles. The average molecular weight is 498 g/mol. The maximum absolute atomic E-state index is 13.3. The molecular formula is C22H19Cl3N2O3S. The molecule has 1 aliphatic rings. The van der Waals surface area contributed by atoms with Crippen LogP contribution in [0.3, 0.4) is 0 Å². The van der Waals surface area contributed by atoms with Gasteiger partial charge < -0.3 is 10.0 Å². The average Bonchev–Trinajstić information content (AvgIpc) is 2.74. The molecule has 1 unspecified atom stereocenters. The lowest BCUT2D eigenvalue weighted by atomic mass is 10.0. The van der Waals surface area contributed by atoms with Crippen LogP contribution in [0.5, 0.6) is 5.75 Å². The van der Waals surface area contributed by atoms with Gasteiger partial charge in [-0.3, -0.25) is 0 Å². The van der Waals surface area contributed by atoms with Gasteiger partial charge in [-0.25, -0.2) is 8.42 Å². The summed E-state index contributed by atoms with van der Waals surface area (Å²) in [6.45, 7) is 0.895. The summed E-state index contributed by atoms with van der Waals surface area (Å²) < 4.78 is 27.9. The van der Waals surface area contributed by atoms with Crippen molar-refractivity contribution in [3.63, 3.8) is 0 Å². The Labute approximate surface area is 196 Å². The first kappa shape index (κ1) is 22.2. The zero-order valence-corrected chi connectivity index (χ0v) is 19.3. The molecule has 0 bridgehead atoms. The Bertz CT molecular complexity index is 1200. The molecule has 3 aromatic carbocycles. The van der Waals surface area contributed by atoms with Crippen LogP contribution in [0.25, 0.3) is 0 Å². The van der Waals surface area contributed by atoms with Gasteiger partial charge in [-0.05, 0) is 54.1 Å². The molecule has 0 spiro atoms. The minimum absolute atomic E-state index is 0.0559. The summed E-state index contributed by atoms with van der Waals surface area (Å²) in [6.07, 6.45) is 0. The second-order valence-corrected chi connectivity index (χ2v) is 10.4. The van der Waals surface area contributed by atoms with E-state index >= 15 is 0 Å². The third kappa shape index (κ3) is 4.64. The minimum Gasteiger partial charge on any atom is -0.508 e. The normalized spacial score (nSPS) is 17.6. The molecule has 1 atom stereocenters. The third-order valence-corrected chi connectivity index (χ3v) is 7.92. The molecule has 1 fully saturated rings. The molecule has 5 nitrogen and oxygen atoms in total. The van der Waals surface area contributed by atoms with Gasteiger partial charge in [0.1, 0.15) is 5.75 Å². The van der Waals surface area contributed by atoms with Crippen molar-refractivity contribution in [1.29, 1.82) is 0 Å². The first-order chi connectivity index (χ1) is 14.8. The second-order valence-electron chi connectivity index (χ2n) is 7.22. The standard InChI is InChI=1S/C22H19Cl3N2O3S/c23-16-6-4-15(5-7-16)22-14-26(31(29,30)19-3-1-2-18(28)13-19)10-11-27(22)21-9-8-17(24)12-20(21)25/h1-9,12-13,22,28H,10-11,14H2. The van der Waals surface area contributed by atoms with Crippen LogP contribution in [0.1, 0.15) is 11.6 Å². The van der Waals surface area contributed by atoms with Gasteiger partial charge in [0.15, 0.2) is 0 Å². The van der Waals surface area contributed by atoms with Gasteiger partial charge >= 0.3 is 0 Å². The Morgan fingerprint density at radius 2 is 1.58 bits per heavy atom. The highest BCUT2D eigenvalue weighted by Crippen LogP contribution is 2.38. The number of nitrogens with zero attached hydrogens (tertiary/aromatic N) is 2. The number of hydrogen-bond donors (Lipinski definition) is 1. The van der Waals surface area contributed by atoms with Crippen molar-refractivity contribution in [2.24, 2.45) is 0 Å². The SMILES string of the molecule is O=S(=O)(c1cccc(O)c1)N1CCN(c2ccc(Cl)cc2Cl)C(c2ccc(Cl)cc2)C1. The number of piperazine rings is 1. The lowest BCUT2D eigenvalue weighted by Gasteiger charge is -2.42. The maximum atomic E-state index is 13.3. The monoisotopic (exact) mass is 496 g/mol. The lowest BCUT2D eigenvalue weighted by molar-refractivity contribution is 0.335. The number of sulfonamides is 1. The molecule has 0 saturated carbocycles. The fourth-order valence-corrected chi connectivity index (χ4v) is 5.86. The van der Waals surface area contributed by atoms with E-state index in [-0.39, 0.29) is 29.8 Å². The number of anilines is 1. The Morgan fingerprint density at radius 3 is 2.26 bits per heavy atom. The quantitative estimate of drug-likeness (QED) is 0.509. The second kappa shape index (κ2) is 8.88. The molecule has 1 heterocycles. The molecule has 0 radical (unpaired) electrons. The molecule has 31 heavy (non-hydrogen) atoms. The van der Waals surface area contributed by atoms with Crippen LogP contribution in [0.15, 0.2) is 71.6 Å². The Hall–Kier alpha value is -1.96. The van der Waals surface area contributed by atoms with E-state index < -0.39 is 10.0 Å². The Kier molecular flexibility index (Phi) is 6.37. The van der Waals surface area contributed by atoms with Crippen LogP contribution < -0.4 is 4.90 Å². The van der Waals surface area contributed by atoms with E-state index in [9.17, 15) is 13.5 Å². The van der Waals surface area contributed by atoms with Crippen molar-refractivity contribution in [2.45, 2.75) is 10.9 Å². The number of phenolic OH excluding ortho intramolecular Hbond substituents is 1. The number of halogens is 3. The van der Waals surface area contributed by atoms with Crippen LogP contribution in [-0.4, -0.2) is 37.5 Å². The number of phenols is 1. The summed E-state index contributed by atoms with van der Waals surface area (Å²) in [5.74, 6) is -0.0955. The van der Waals surface area contributed by atoms with Gasteiger partial charge in [-0.1, -0.05) is 53.0 Å². The van der Waals surface area contributed by atoms with Crippen molar-refractivity contribution in [3.05, 3.63) is 87.4 Å². The largest absolute Gasteiger partial charge is 0.508 e. The van der Waals surface area contributed by atoms with Crippen LogP contribution in [0, 0.1) is 0 Å². The number of aromatic hydroxyl groups is 1. The highest BCUT2D eigenvalue weighted by molar-refractivity contribution is 7.89. The van der Waals surface area contributed by atoms with Crippen molar-refractivity contribution in [3.8, 4) is 5.75 Å². The molecule has 0 amide bonds. The van der Waals surface area contributed by atoms with Crippen LogP contribution in [0.4, 0.5) is 5.69 Å². The molecule has 9 heteroatoms. The maximum Gasteiger partial charge on any atom is 0.243 e. The first-order valence-corrected chi connectivity index (χ1v) is 12.1. The highest BCUT2D eigenvalue weighted by Gasteiger charge is 2.36. The zero-order valence-electron chi connectivity index (χ0n) is 16.2. The minimum atomic E-state index is -3.79. The van der Waals surface area contributed by atoms with Gasteiger partial charge in [0.2, 0.25) is 10.0 Å². The molecule has 162 valence electrons. The van der Waals surface area contributed by atoms with Gasteiger partial charge in [-0.2, -0.15) is 4.31 Å². The van der Waals surface area contributed by atoms with E-state index in [0.29, 0.717) is 21.6 Å². The van der Waals surface area contributed by atoms with Crippen LogP contribution in [0.2, 0.25) is 15.1 Å². The van der Waals surface area contributed by atoms with Crippen molar-refractivity contribution in [2.75, 3.05) is 24.5 Å². The van der Waals surface area contributed by atoms with Crippen molar-refractivity contribution < 1.29 is 13.5 Å². The Morgan fingerprint density at radius 1 is 0.871 bits per heavy atom. The first-order valence-electron chi connectivity index (χ1n) is 9.52. The molecule has 4 rings (SSSR count). The molecule has 1 aliphatic heterocycles. The van der Waals surface area contributed by atoms with E-state index in [2.05, 4.69) is 4.90 Å². The molecule has 0 aromatic heterocycles. The summed E-state index contributed by atoms with van der Waals surface area (Å²) in [7, 11) is -3.79. The molecule has 3 aromatic rings. The lowest BCUT2D eigenvalue weighted by Crippen LogP contribution is -2.50. The summed E-state index contributed by atoms with van der Waals surface area (Å²) in [5.41, 5.74) is 1.69. The predicted octanol–water partition coefficient (Wildman–Crippen LogP) is 5.60. The molecule has 0 aliphatic carbocycles. The molecule has 1 N–H and O–H groups in total. The van der Waals surface area contributed by atoms with E-state index in [1.807, 2.05) is 18.2 Å². The van der Waals surface area contributed by atoms with Crippen molar-refractivity contribution >= 4 is 50.5 Å².